The van der Waals surface area contributed by atoms with Gasteiger partial charge in [-0.15, -0.1) is 0 Å². The van der Waals surface area contributed by atoms with Crippen LogP contribution >= 0.6 is 0 Å². The minimum atomic E-state index is 0.437. The molecule has 0 bridgehead atoms. The molecule has 0 spiro atoms. The lowest BCUT2D eigenvalue weighted by Crippen LogP contribution is -1.76. The van der Waals surface area contributed by atoms with Gasteiger partial charge < -0.3 is 17.7 Å². The lowest BCUT2D eigenvalue weighted by molar-refractivity contribution is 0.559. The number of hydrogen-bond donors (Lipinski definition) is 0. The molecular weight excluding hydrogens is 572 g/mol. The Labute approximate surface area is 261 Å². The van der Waals surface area contributed by atoms with Crippen molar-refractivity contribution >= 4 is 54.9 Å². The van der Waals surface area contributed by atoms with E-state index in [4.69, 9.17) is 27.6 Å². The molecule has 0 aliphatic rings. The summed E-state index contributed by atoms with van der Waals surface area (Å²) in [5.74, 6) is 2.05. The first-order valence-corrected chi connectivity index (χ1v) is 15.0. The molecule has 0 atom stereocenters. The van der Waals surface area contributed by atoms with Gasteiger partial charge in [-0.25, -0.2) is 9.97 Å². The highest BCUT2D eigenvalue weighted by molar-refractivity contribution is 6.01. The Kier molecular flexibility index (Phi) is 5.19. The molecule has 0 radical (unpaired) electrons. The van der Waals surface area contributed by atoms with Crippen molar-refractivity contribution in [2.75, 3.05) is 0 Å². The molecule has 4 heterocycles. The van der Waals surface area contributed by atoms with E-state index in [1.165, 1.54) is 0 Å². The van der Waals surface area contributed by atoms with E-state index in [-0.39, 0.29) is 0 Å². The van der Waals surface area contributed by atoms with Gasteiger partial charge in [0.05, 0.1) is 0 Å². The maximum atomic E-state index is 6.21. The summed E-state index contributed by atoms with van der Waals surface area (Å²) in [5.41, 5.74) is 8.84. The van der Waals surface area contributed by atoms with E-state index >= 15 is 0 Å². The number of nitrogens with zero attached hydrogens (tertiary/aromatic N) is 2. The van der Waals surface area contributed by atoms with Crippen molar-refractivity contribution in [1.82, 2.24) is 9.97 Å². The highest BCUT2D eigenvalue weighted by atomic mass is 16.4. The van der Waals surface area contributed by atoms with Crippen LogP contribution in [-0.4, -0.2) is 9.97 Å². The number of fused-ring (bicyclic) bond motifs is 5. The fraction of sp³-hybridized carbons (Fsp3) is 0. The Morgan fingerprint density at radius 2 is 0.783 bits per heavy atom. The molecule has 0 aliphatic heterocycles. The number of hydrogen-bond acceptors (Lipinski definition) is 6. The smallest absolute Gasteiger partial charge is 0.263 e. The highest BCUT2D eigenvalue weighted by Gasteiger charge is 2.18. The van der Waals surface area contributed by atoms with E-state index in [1.54, 1.807) is 0 Å². The first-order valence-electron chi connectivity index (χ1n) is 15.0. The van der Waals surface area contributed by atoms with Gasteiger partial charge in [0.15, 0.2) is 22.7 Å². The molecule has 46 heavy (non-hydrogen) atoms. The summed E-state index contributed by atoms with van der Waals surface area (Å²) < 4.78 is 24.8. The van der Waals surface area contributed by atoms with Crippen LogP contribution in [0.25, 0.3) is 100 Å². The van der Waals surface area contributed by atoms with Crippen LogP contribution in [0.15, 0.2) is 151 Å². The quantitative estimate of drug-likeness (QED) is 0.202. The zero-order valence-electron chi connectivity index (χ0n) is 24.2. The molecule has 0 unspecified atom stereocenters. The van der Waals surface area contributed by atoms with E-state index in [0.29, 0.717) is 34.5 Å². The van der Waals surface area contributed by atoms with Crippen molar-refractivity contribution in [1.29, 1.82) is 0 Å². The Morgan fingerprint density at radius 1 is 0.326 bits per heavy atom. The van der Waals surface area contributed by atoms with Crippen molar-refractivity contribution in [2.24, 2.45) is 0 Å². The van der Waals surface area contributed by atoms with Crippen LogP contribution in [0.3, 0.4) is 0 Å². The third kappa shape index (κ3) is 4.04. The Bertz CT molecular complexity index is 2490. The molecule has 0 aliphatic carbocycles. The molecule has 0 N–H and O–H groups in total. The minimum Gasteiger partial charge on any atom is -0.451 e. The van der Waals surface area contributed by atoms with Gasteiger partial charge in [-0.05, 0) is 81.6 Å². The minimum absolute atomic E-state index is 0.437. The van der Waals surface area contributed by atoms with Crippen molar-refractivity contribution < 1.29 is 17.7 Å². The number of benzene rings is 6. The lowest BCUT2D eigenvalue weighted by atomic mass is 10.0. The number of aromatic nitrogens is 2. The van der Waals surface area contributed by atoms with Gasteiger partial charge in [0.2, 0.25) is 0 Å². The summed E-state index contributed by atoms with van der Waals surface area (Å²) in [4.78, 5) is 9.55. The lowest BCUT2D eigenvalue weighted by Gasteiger charge is -2.00. The van der Waals surface area contributed by atoms with Gasteiger partial charge in [0.25, 0.3) is 11.8 Å². The van der Waals surface area contributed by atoms with Gasteiger partial charge in [-0.2, -0.15) is 0 Å². The maximum Gasteiger partial charge on any atom is 0.263 e. The monoisotopic (exact) mass is 594 g/mol. The van der Waals surface area contributed by atoms with Crippen LogP contribution in [0, 0.1) is 0 Å². The van der Waals surface area contributed by atoms with Gasteiger partial charge in [-0.1, -0.05) is 84.9 Å². The predicted molar refractivity (Wildman–Crippen MR) is 180 cm³/mol. The van der Waals surface area contributed by atoms with E-state index < -0.39 is 0 Å². The molecule has 6 heteroatoms. The SMILES string of the molecule is c1ccc(-c2ccc3cc(-c4nc5cc6cc7oc(-c8cc9ccc(-c%10ccccc%10)cc9o8)nc7cc6cc5o4)oc3c2)cc1. The zero-order valence-corrected chi connectivity index (χ0v) is 24.2. The van der Waals surface area contributed by atoms with Crippen molar-refractivity contribution in [3.63, 3.8) is 0 Å². The van der Waals surface area contributed by atoms with Crippen LogP contribution in [0.4, 0.5) is 0 Å². The Balaban J connectivity index is 0.996. The van der Waals surface area contributed by atoms with Crippen LogP contribution in [0.2, 0.25) is 0 Å². The average Bonchev–Trinajstić information content (AvgIpc) is 3.90. The molecule has 0 saturated carbocycles. The van der Waals surface area contributed by atoms with Gasteiger partial charge >= 0.3 is 0 Å². The van der Waals surface area contributed by atoms with E-state index in [0.717, 1.165) is 66.0 Å². The predicted octanol–water partition coefficient (Wildman–Crippen LogP) is 11.3. The third-order valence-electron chi connectivity index (χ3n) is 8.53. The fourth-order valence-electron chi connectivity index (χ4n) is 6.20. The first-order chi connectivity index (χ1) is 22.7. The molecule has 6 aromatic carbocycles. The van der Waals surface area contributed by atoms with Crippen LogP contribution in [-0.2, 0) is 0 Å². The standard InChI is InChI=1S/C40H22N2O4/c1-3-7-23(8-4-1)25-11-13-27-19-37(43-33(27)17-25)39-41-31-15-29-22-36-32(16-30(29)21-35(31)45-39)42-40(46-36)38-20-28-14-12-26(18-34(28)44-38)24-9-5-2-6-10-24/h1-22H. The molecule has 0 saturated heterocycles. The molecule has 0 amide bonds. The molecule has 6 nitrogen and oxygen atoms in total. The first kappa shape index (κ1) is 25.0. The van der Waals surface area contributed by atoms with Crippen molar-refractivity contribution in [3.05, 3.63) is 133 Å². The van der Waals surface area contributed by atoms with E-state index in [1.807, 2.05) is 72.8 Å². The molecule has 216 valence electrons. The second-order valence-corrected chi connectivity index (χ2v) is 11.5. The summed E-state index contributed by atoms with van der Waals surface area (Å²) in [7, 11) is 0. The Hall–Kier alpha value is -6.40. The van der Waals surface area contributed by atoms with Gasteiger partial charge in [0.1, 0.15) is 22.2 Å². The fourth-order valence-corrected chi connectivity index (χ4v) is 6.20. The average molecular weight is 595 g/mol. The molecule has 10 aromatic rings. The summed E-state index contributed by atoms with van der Waals surface area (Å²) in [6.07, 6.45) is 0. The molecule has 0 fully saturated rings. The maximum absolute atomic E-state index is 6.21. The number of furan rings is 2. The van der Waals surface area contributed by atoms with Gasteiger partial charge in [-0.3, -0.25) is 0 Å². The zero-order chi connectivity index (χ0) is 30.2. The second kappa shape index (κ2) is 9.55. The van der Waals surface area contributed by atoms with Crippen LogP contribution in [0.5, 0.6) is 0 Å². The normalized spacial score (nSPS) is 11.9. The topological polar surface area (TPSA) is 78.3 Å². The summed E-state index contributed by atoms with van der Waals surface area (Å²) in [6.45, 7) is 0. The van der Waals surface area contributed by atoms with E-state index in [9.17, 15) is 0 Å². The van der Waals surface area contributed by atoms with Crippen LogP contribution < -0.4 is 0 Å². The van der Waals surface area contributed by atoms with Crippen LogP contribution in [0.1, 0.15) is 0 Å². The molecular formula is C40H22N2O4. The summed E-state index contributed by atoms with van der Waals surface area (Å²) >= 11 is 0. The Morgan fingerprint density at radius 3 is 1.24 bits per heavy atom. The highest BCUT2D eigenvalue weighted by Crippen LogP contribution is 2.36. The largest absolute Gasteiger partial charge is 0.451 e. The molecule has 4 aromatic heterocycles. The van der Waals surface area contributed by atoms with E-state index in [2.05, 4.69) is 60.7 Å². The molecule has 10 rings (SSSR count). The van der Waals surface area contributed by atoms with Gasteiger partial charge in [0, 0.05) is 10.8 Å². The summed E-state index contributed by atoms with van der Waals surface area (Å²) in [6, 6.07) is 44.8. The van der Waals surface area contributed by atoms with Crippen molar-refractivity contribution in [3.8, 4) is 45.6 Å². The number of oxazole rings is 2. The number of rotatable bonds is 4. The second-order valence-electron chi connectivity index (χ2n) is 11.5. The third-order valence-corrected chi connectivity index (χ3v) is 8.53. The van der Waals surface area contributed by atoms with Crippen molar-refractivity contribution in [2.45, 2.75) is 0 Å². The summed E-state index contributed by atoms with van der Waals surface area (Å²) in [5, 5.41) is 3.92.